The average molecular weight is 429 g/mol. The summed E-state index contributed by atoms with van der Waals surface area (Å²) in [6.45, 7) is 3.24. The lowest BCUT2D eigenvalue weighted by Crippen LogP contribution is -2.35. The third kappa shape index (κ3) is 4.52. The van der Waals surface area contributed by atoms with E-state index in [1.165, 1.54) is 0 Å². The number of hydrogen-bond donors (Lipinski definition) is 1. The number of carbonyl (C=O) groups excluding carboxylic acids is 2. The fourth-order valence-corrected chi connectivity index (χ4v) is 4.42. The van der Waals surface area contributed by atoms with Crippen LogP contribution in [-0.2, 0) is 11.3 Å². The molecule has 5 heteroatoms. The van der Waals surface area contributed by atoms with Crippen LogP contribution in [0.25, 0.3) is 0 Å². The normalized spacial score (nSPS) is 17.8. The van der Waals surface area contributed by atoms with Crippen molar-refractivity contribution >= 4 is 11.8 Å². The summed E-state index contributed by atoms with van der Waals surface area (Å²) in [6.07, 6.45) is 0. The van der Waals surface area contributed by atoms with Gasteiger partial charge in [-0.3, -0.25) is 9.59 Å². The molecular formula is C27H28N2O3. The van der Waals surface area contributed by atoms with E-state index in [-0.39, 0.29) is 23.7 Å². The van der Waals surface area contributed by atoms with Gasteiger partial charge in [0.1, 0.15) is 5.75 Å². The molecule has 0 bridgehead atoms. The third-order valence-corrected chi connectivity index (χ3v) is 6.17. The van der Waals surface area contributed by atoms with Gasteiger partial charge in [0.05, 0.1) is 13.0 Å². The maximum Gasteiger partial charge on any atom is 0.254 e. The quantitative estimate of drug-likeness (QED) is 0.641. The number of rotatable bonds is 6. The lowest BCUT2D eigenvalue weighted by atomic mass is 9.87. The van der Waals surface area contributed by atoms with Gasteiger partial charge in [-0.05, 0) is 35.7 Å². The van der Waals surface area contributed by atoms with Gasteiger partial charge in [0.25, 0.3) is 5.91 Å². The number of nitrogens with zero attached hydrogens (tertiary/aromatic N) is 1. The number of para-hydroxylation sites is 1. The maximum absolute atomic E-state index is 13.3. The largest absolute Gasteiger partial charge is 0.496 e. The summed E-state index contributed by atoms with van der Waals surface area (Å²) in [4.78, 5) is 28.4. The first-order chi connectivity index (χ1) is 15.6. The Labute approximate surface area is 189 Å². The van der Waals surface area contributed by atoms with Gasteiger partial charge < -0.3 is 15.0 Å². The number of aryl methyl sites for hydroxylation is 1. The van der Waals surface area contributed by atoms with Gasteiger partial charge in [0.2, 0.25) is 5.91 Å². The van der Waals surface area contributed by atoms with Crippen LogP contribution in [0.15, 0.2) is 78.9 Å². The molecule has 5 nitrogen and oxygen atoms in total. The van der Waals surface area contributed by atoms with Gasteiger partial charge in [-0.1, -0.05) is 66.7 Å². The van der Waals surface area contributed by atoms with Gasteiger partial charge in [0.15, 0.2) is 0 Å². The molecule has 164 valence electrons. The molecule has 0 aromatic heterocycles. The van der Waals surface area contributed by atoms with E-state index < -0.39 is 0 Å². The molecule has 1 heterocycles. The molecule has 1 N–H and O–H groups in total. The molecule has 0 aliphatic carbocycles. The van der Waals surface area contributed by atoms with Gasteiger partial charge >= 0.3 is 0 Å². The lowest BCUT2D eigenvalue weighted by molar-refractivity contribution is -0.125. The number of carbonyl (C=O) groups is 2. The van der Waals surface area contributed by atoms with Crippen LogP contribution in [0.1, 0.15) is 33.0 Å². The Morgan fingerprint density at radius 2 is 1.62 bits per heavy atom. The van der Waals surface area contributed by atoms with Crippen molar-refractivity contribution in [2.24, 2.45) is 5.92 Å². The summed E-state index contributed by atoms with van der Waals surface area (Å²) in [5.74, 6) is 0.146. The Balaban J connectivity index is 1.60. The second-order valence-corrected chi connectivity index (χ2v) is 8.18. The highest BCUT2D eigenvalue weighted by molar-refractivity contribution is 5.96. The van der Waals surface area contributed by atoms with Crippen LogP contribution in [-0.4, -0.2) is 36.9 Å². The molecule has 0 saturated carbocycles. The van der Waals surface area contributed by atoms with Gasteiger partial charge in [-0.2, -0.15) is 0 Å². The third-order valence-electron chi connectivity index (χ3n) is 6.17. The van der Waals surface area contributed by atoms with Crippen molar-refractivity contribution in [1.82, 2.24) is 10.2 Å². The Bertz CT molecular complexity index is 1100. The highest BCUT2D eigenvalue weighted by atomic mass is 16.5. The summed E-state index contributed by atoms with van der Waals surface area (Å²) in [7, 11) is 1.63. The first-order valence-corrected chi connectivity index (χ1v) is 10.9. The van der Waals surface area contributed by atoms with E-state index in [0.717, 1.165) is 22.4 Å². The fourth-order valence-electron chi connectivity index (χ4n) is 4.42. The SMILES string of the molecule is COc1ccccc1[C@H]1CN(C(=O)c2ccccc2C)C[C@H]1C(=O)NCc1ccccc1. The zero-order valence-corrected chi connectivity index (χ0v) is 18.5. The van der Waals surface area contributed by atoms with E-state index in [4.69, 9.17) is 4.74 Å². The number of benzene rings is 3. The summed E-state index contributed by atoms with van der Waals surface area (Å²) in [6, 6.07) is 25.2. The zero-order chi connectivity index (χ0) is 22.5. The Kier molecular flexibility index (Phi) is 6.55. The first-order valence-electron chi connectivity index (χ1n) is 10.9. The Morgan fingerprint density at radius 3 is 2.38 bits per heavy atom. The predicted octanol–water partition coefficient (Wildman–Crippen LogP) is 4.18. The predicted molar refractivity (Wildman–Crippen MR) is 125 cm³/mol. The van der Waals surface area contributed by atoms with E-state index in [1.807, 2.05) is 85.8 Å². The van der Waals surface area contributed by atoms with E-state index in [9.17, 15) is 9.59 Å². The minimum absolute atomic E-state index is 0.0404. The molecule has 1 saturated heterocycles. The number of methoxy groups -OCH3 is 1. The van der Waals surface area contributed by atoms with Crippen LogP contribution in [0.3, 0.4) is 0 Å². The molecule has 2 amide bonds. The van der Waals surface area contributed by atoms with Gasteiger partial charge in [-0.25, -0.2) is 0 Å². The van der Waals surface area contributed by atoms with Crippen molar-refractivity contribution in [1.29, 1.82) is 0 Å². The monoisotopic (exact) mass is 428 g/mol. The van der Waals surface area contributed by atoms with Crippen molar-refractivity contribution in [3.63, 3.8) is 0 Å². The fraction of sp³-hybridized carbons (Fsp3) is 0.259. The van der Waals surface area contributed by atoms with E-state index in [2.05, 4.69) is 5.32 Å². The molecule has 1 aliphatic heterocycles. The standard InChI is InChI=1S/C27H28N2O3/c1-19-10-6-7-13-21(19)27(31)29-17-23(22-14-8-9-15-25(22)32-2)24(18-29)26(30)28-16-20-11-4-3-5-12-20/h3-15,23-24H,16-18H2,1-2H3,(H,28,30)/t23-,24-/m1/s1. The molecule has 4 rings (SSSR count). The van der Waals surface area contributed by atoms with Crippen molar-refractivity contribution < 1.29 is 14.3 Å². The van der Waals surface area contributed by atoms with Crippen molar-refractivity contribution in [3.05, 3.63) is 101 Å². The van der Waals surface area contributed by atoms with Crippen molar-refractivity contribution in [2.45, 2.75) is 19.4 Å². The molecule has 0 unspecified atom stereocenters. The van der Waals surface area contributed by atoms with E-state index >= 15 is 0 Å². The number of hydrogen-bond acceptors (Lipinski definition) is 3. The highest BCUT2D eigenvalue weighted by Gasteiger charge is 2.41. The van der Waals surface area contributed by atoms with Crippen LogP contribution in [0, 0.1) is 12.8 Å². The summed E-state index contributed by atoms with van der Waals surface area (Å²) >= 11 is 0. The van der Waals surface area contributed by atoms with Crippen LogP contribution in [0.5, 0.6) is 5.75 Å². The van der Waals surface area contributed by atoms with Crippen molar-refractivity contribution in [3.8, 4) is 5.75 Å². The number of amides is 2. The smallest absolute Gasteiger partial charge is 0.254 e. The topological polar surface area (TPSA) is 58.6 Å². The maximum atomic E-state index is 13.3. The summed E-state index contributed by atoms with van der Waals surface area (Å²) < 4.78 is 5.58. The molecule has 3 aromatic carbocycles. The average Bonchev–Trinajstić information content (AvgIpc) is 3.28. The number of ether oxygens (including phenoxy) is 1. The Hall–Kier alpha value is -3.60. The minimum atomic E-state index is -0.358. The second kappa shape index (κ2) is 9.69. The van der Waals surface area contributed by atoms with E-state index in [0.29, 0.717) is 25.2 Å². The zero-order valence-electron chi connectivity index (χ0n) is 18.5. The summed E-state index contributed by atoms with van der Waals surface area (Å²) in [5.41, 5.74) is 3.61. The Morgan fingerprint density at radius 1 is 0.938 bits per heavy atom. The van der Waals surface area contributed by atoms with Crippen LogP contribution in [0.4, 0.5) is 0 Å². The highest BCUT2D eigenvalue weighted by Crippen LogP contribution is 2.38. The molecule has 2 atom stereocenters. The molecule has 32 heavy (non-hydrogen) atoms. The molecular weight excluding hydrogens is 400 g/mol. The van der Waals surface area contributed by atoms with Gasteiger partial charge in [0, 0.05) is 31.1 Å². The van der Waals surface area contributed by atoms with E-state index in [1.54, 1.807) is 12.0 Å². The molecule has 0 spiro atoms. The molecule has 1 aliphatic rings. The van der Waals surface area contributed by atoms with Crippen LogP contribution in [0.2, 0.25) is 0 Å². The van der Waals surface area contributed by atoms with Crippen LogP contribution < -0.4 is 10.1 Å². The lowest BCUT2D eigenvalue weighted by Gasteiger charge is -2.20. The molecule has 3 aromatic rings. The number of likely N-dealkylation sites (tertiary alicyclic amines) is 1. The second-order valence-electron chi connectivity index (χ2n) is 8.18. The summed E-state index contributed by atoms with van der Waals surface area (Å²) in [5, 5.41) is 3.07. The molecule has 1 fully saturated rings. The number of nitrogens with one attached hydrogen (secondary N) is 1. The molecule has 0 radical (unpaired) electrons. The minimum Gasteiger partial charge on any atom is -0.496 e. The van der Waals surface area contributed by atoms with Crippen molar-refractivity contribution in [2.75, 3.05) is 20.2 Å². The first kappa shape index (κ1) is 21.6. The van der Waals surface area contributed by atoms with Gasteiger partial charge in [-0.15, -0.1) is 0 Å². The van der Waals surface area contributed by atoms with Crippen LogP contribution >= 0.6 is 0 Å².